The number of aromatic hydroxyl groups is 1. The Morgan fingerprint density at radius 1 is 0.778 bits per heavy atom. The first-order valence-electron chi connectivity index (χ1n) is 8.84. The number of aromatic nitrogens is 1. The average molecular weight is 374 g/mol. The maximum atomic E-state index is 9.91. The third-order valence-electron chi connectivity index (χ3n) is 4.54. The molecule has 0 fully saturated rings. The van der Waals surface area contributed by atoms with E-state index in [1.165, 1.54) is 16.5 Å². The minimum absolute atomic E-state index is 0.383. The van der Waals surface area contributed by atoms with E-state index in [0.29, 0.717) is 5.75 Å². The second-order valence-corrected chi connectivity index (χ2v) is 7.20. The van der Waals surface area contributed by atoms with E-state index in [9.17, 15) is 5.11 Å². The van der Waals surface area contributed by atoms with Crippen LogP contribution < -0.4 is 0 Å². The van der Waals surface area contributed by atoms with Crippen LogP contribution in [0.5, 0.6) is 5.75 Å². The topological polar surface area (TPSA) is 33.1 Å². The second-order valence-electron chi connectivity index (χ2n) is 6.68. The van der Waals surface area contributed by atoms with Crippen molar-refractivity contribution in [3.05, 3.63) is 89.7 Å². The van der Waals surface area contributed by atoms with Gasteiger partial charge in [0.25, 0.3) is 0 Å². The van der Waals surface area contributed by atoms with Gasteiger partial charge in [-0.15, -0.1) is 12.6 Å². The fourth-order valence-electron chi connectivity index (χ4n) is 3.10. The lowest BCUT2D eigenvalue weighted by Crippen LogP contribution is -1.88. The van der Waals surface area contributed by atoms with Crippen LogP contribution in [0, 0.1) is 20.8 Å². The average Bonchev–Trinajstić information content (AvgIpc) is 2.66. The molecule has 0 saturated carbocycles. The molecule has 3 aromatic carbocycles. The zero-order valence-corrected chi connectivity index (χ0v) is 16.7. The predicted octanol–water partition coefficient (Wildman–Crippen LogP) is 6.51. The van der Waals surface area contributed by atoms with Crippen molar-refractivity contribution in [3.8, 4) is 16.9 Å². The van der Waals surface area contributed by atoms with Crippen LogP contribution in [-0.4, -0.2) is 10.1 Å². The van der Waals surface area contributed by atoms with E-state index in [1.807, 2.05) is 74.8 Å². The van der Waals surface area contributed by atoms with Gasteiger partial charge in [-0.2, -0.15) is 0 Å². The van der Waals surface area contributed by atoms with E-state index in [0.717, 1.165) is 27.0 Å². The number of nitrogens with zero attached hydrogens (tertiary/aromatic N) is 1. The van der Waals surface area contributed by atoms with Crippen LogP contribution in [0.2, 0.25) is 0 Å². The van der Waals surface area contributed by atoms with Crippen LogP contribution in [0.15, 0.2) is 78.0 Å². The fourth-order valence-corrected chi connectivity index (χ4v) is 3.27. The number of phenolic OH excluding ortho intramolecular Hbond substituents is 1. The van der Waals surface area contributed by atoms with Gasteiger partial charge in [0.1, 0.15) is 5.75 Å². The number of fused-ring (bicyclic) bond motifs is 1. The third kappa shape index (κ3) is 4.50. The van der Waals surface area contributed by atoms with Gasteiger partial charge in [-0.1, -0.05) is 24.3 Å². The molecule has 3 heteroatoms. The van der Waals surface area contributed by atoms with Crippen LogP contribution in [0.1, 0.15) is 16.7 Å². The fraction of sp³-hybridized carbons (Fsp3) is 0.125. The summed E-state index contributed by atoms with van der Waals surface area (Å²) < 4.78 is 0. The van der Waals surface area contributed by atoms with Crippen LogP contribution in [0.25, 0.3) is 21.9 Å². The van der Waals surface area contributed by atoms with Gasteiger partial charge in [0, 0.05) is 22.7 Å². The molecule has 0 bridgehead atoms. The van der Waals surface area contributed by atoms with E-state index in [2.05, 4.69) is 36.7 Å². The van der Waals surface area contributed by atoms with Crippen molar-refractivity contribution >= 4 is 23.4 Å². The molecule has 0 atom stereocenters. The first-order valence-corrected chi connectivity index (χ1v) is 9.29. The van der Waals surface area contributed by atoms with Crippen molar-refractivity contribution in [1.82, 2.24) is 4.98 Å². The Labute approximate surface area is 165 Å². The highest BCUT2D eigenvalue weighted by Gasteiger charge is 2.08. The Bertz CT molecular complexity index is 1050. The Balaban J connectivity index is 0.000000253. The second kappa shape index (κ2) is 8.28. The smallest absolute Gasteiger partial charge is 0.121 e. The minimum atomic E-state index is 0.383. The molecule has 1 N–H and O–H groups in total. The van der Waals surface area contributed by atoms with Gasteiger partial charge in [0.2, 0.25) is 0 Å². The molecule has 4 rings (SSSR count). The molecule has 0 spiro atoms. The number of hydrogen-bond acceptors (Lipinski definition) is 3. The van der Waals surface area contributed by atoms with Crippen molar-refractivity contribution < 1.29 is 5.11 Å². The molecule has 1 aromatic heterocycles. The first kappa shape index (κ1) is 19.0. The monoisotopic (exact) mass is 373 g/mol. The largest absolute Gasteiger partial charge is 0.507 e. The Hall–Kier alpha value is -2.78. The third-order valence-corrected chi connectivity index (χ3v) is 4.84. The SMILES string of the molecule is Cc1cc2ccncc2cc1-c1cc(C)c(O)c(C)c1.Sc1ccccc1. The van der Waals surface area contributed by atoms with E-state index in [-0.39, 0.29) is 0 Å². The normalized spacial score (nSPS) is 10.4. The van der Waals surface area contributed by atoms with E-state index in [1.54, 1.807) is 0 Å². The van der Waals surface area contributed by atoms with E-state index >= 15 is 0 Å². The van der Waals surface area contributed by atoms with Gasteiger partial charge in [0.15, 0.2) is 0 Å². The summed E-state index contributed by atoms with van der Waals surface area (Å²) in [5, 5.41) is 12.2. The summed E-state index contributed by atoms with van der Waals surface area (Å²) in [6.45, 7) is 5.99. The number of rotatable bonds is 1. The van der Waals surface area contributed by atoms with Gasteiger partial charge < -0.3 is 5.11 Å². The molecule has 0 aliphatic heterocycles. The Morgan fingerprint density at radius 3 is 2.04 bits per heavy atom. The van der Waals surface area contributed by atoms with Crippen LogP contribution >= 0.6 is 12.6 Å². The number of thiol groups is 1. The van der Waals surface area contributed by atoms with Gasteiger partial charge in [-0.25, -0.2) is 0 Å². The molecular weight excluding hydrogens is 350 g/mol. The van der Waals surface area contributed by atoms with Gasteiger partial charge in [-0.3, -0.25) is 4.98 Å². The van der Waals surface area contributed by atoms with Gasteiger partial charge in [-0.05, 0) is 90.4 Å². The lowest BCUT2D eigenvalue weighted by atomic mass is 9.94. The molecule has 27 heavy (non-hydrogen) atoms. The molecule has 0 aliphatic carbocycles. The standard InChI is InChI=1S/C18H17NO.C6H6S/c1-11-6-14-4-5-19-10-16(14)9-17(11)15-7-12(2)18(20)13(3)8-15;7-6-4-2-1-3-5-6/h4-10,20H,1-3H3;1-5,7H. The molecule has 4 aromatic rings. The minimum Gasteiger partial charge on any atom is -0.507 e. The molecule has 0 radical (unpaired) electrons. The highest BCUT2D eigenvalue weighted by atomic mass is 32.1. The van der Waals surface area contributed by atoms with Gasteiger partial charge in [0.05, 0.1) is 0 Å². The number of hydrogen-bond donors (Lipinski definition) is 2. The molecule has 0 unspecified atom stereocenters. The van der Waals surface area contributed by atoms with E-state index < -0.39 is 0 Å². The van der Waals surface area contributed by atoms with Crippen LogP contribution in [0.4, 0.5) is 0 Å². The molecule has 136 valence electrons. The molecule has 0 aliphatic rings. The predicted molar refractivity (Wildman–Crippen MR) is 117 cm³/mol. The highest BCUT2D eigenvalue weighted by Crippen LogP contribution is 2.32. The summed E-state index contributed by atoms with van der Waals surface area (Å²) in [6.07, 6.45) is 3.70. The molecule has 1 heterocycles. The highest BCUT2D eigenvalue weighted by molar-refractivity contribution is 7.80. The summed E-state index contributed by atoms with van der Waals surface area (Å²) >= 11 is 4.08. The van der Waals surface area contributed by atoms with Gasteiger partial charge >= 0.3 is 0 Å². The maximum Gasteiger partial charge on any atom is 0.121 e. The van der Waals surface area contributed by atoms with Crippen LogP contribution in [0.3, 0.4) is 0 Å². The number of aryl methyl sites for hydroxylation is 3. The number of benzene rings is 3. The van der Waals surface area contributed by atoms with Crippen molar-refractivity contribution in [2.75, 3.05) is 0 Å². The zero-order valence-electron chi connectivity index (χ0n) is 15.8. The molecule has 2 nitrogen and oxygen atoms in total. The summed E-state index contributed by atoms with van der Waals surface area (Å²) in [5.74, 6) is 0.383. The van der Waals surface area contributed by atoms with Crippen LogP contribution in [-0.2, 0) is 0 Å². The lowest BCUT2D eigenvalue weighted by molar-refractivity contribution is 0.467. The molecular formula is C24H23NOS. The molecule has 0 saturated heterocycles. The summed E-state index contributed by atoms with van der Waals surface area (Å²) in [4.78, 5) is 5.20. The summed E-state index contributed by atoms with van der Waals surface area (Å²) in [5.41, 5.74) is 5.38. The number of phenols is 1. The quantitative estimate of drug-likeness (QED) is 0.373. The van der Waals surface area contributed by atoms with E-state index in [4.69, 9.17) is 0 Å². The Kier molecular flexibility index (Phi) is 5.82. The van der Waals surface area contributed by atoms with Crippen molar-refractivity contribution in [2.24, 2.45) is 0 Å². The summed E-state index contributed by atoms with van der Waals surface area (Å²) in [6, 6.07) is 20.2. The number of pyridine rings is 1. The molecule has 0 amide bonds. The Morgan fingerprint density at radius 2 is 1.44 bits per heavy atom. The maximum absolute atomic E-state index is 9.91. The summed E-state index contributed by atoms with van der Waals surface area (Å²) in [7, 11) is 0. The van der Waals surface area contributed by atoms with Crippen molar-refractivity contribution in [3.63, 3.8) is 0 Å². The van der Waals surface area contributed by atoms with Crippen molar-refractivity contribution in [1.29, 1.82) is 0 Å². The first-order chi connectivity index (χ1) is 13.0. The lowest BCUT2D eigenvalue weighted by Gasteiger charge is -2.12. The van der Waals surface area contributed by atoms with Crippen molar-refractivity contribution in [2.45, 2.75) is 25.7 Å². The zero-order chi connectivity index (χ0) is 19.4.